The Hall–Kier alpha value is -1.95. The average molecular weight is 348 g/mol. The molecule has 0 aromatic heterocycles. The van der Waals surface area contributed by atoms with Gasteiger partial charge in [-0.2, -0.15) is 5.26 Å². The van der Waals surface area contributed by atoms with E-state index in [0.29, 0.717) is 19.5 Å². The summed E-state index contributed by atoms with van der Waals surface area (Å²) in [4.78, 5) is 14.5. The predicted molar refractivity (Wildman–Crippen MR) is 87.4 cm³/mol. The lowest BCUT2D eigenvalue weighted by Gasteiger charge is -2.30. The van der Waals surface area contributed by atoms with E-state index in [4.69, 9.17) is 5.26 Å². The number of hydrogen-bond donors (Lipinski definition) is 2. The Kier molecular flexibility index (Phi) is 4.58. The van der Waals surface area contributed by atoms with E-state index in [1.165, 1.54) is 7.05 Å². The summed E-state index contributed by atoms with van der Waals surface area (Å²) < 4.78 is 26.1. The molecule has 0 saturated carbocycles. The average Bonchev–Trinajstić information content (AvgIpc) is 3.08. The molecule has 8 heteroatoms. The highest BCUT2D eigenvalue weighted by Crippen LogP contribution is 2.24. The van der Waals surface area contributed by atoms with Crippen molar-refractivity contribution in [3.05, 3.63) is 29.3 Å². The second-order valence-corrected chi connectivity index (χ2v) is 7.98. The van der Waals surface area contributed by atoms with Crippen LogP contribution in [0.15, 0.2) is 23.1 Å². The molecule has 1 fully saturated rings. The Labute approximate surface area is 141 Å². The lowest BCUT2D eigenvalue weighted by atomic mass is 9.95. The van der Waals surface area contributed by atoms with Crippen molar-refractivity contribution in [2.75, 3.05) is 13.6 Å². The first kappa shape index (κ1) is 16.9. The van der Waals surface area contributed by atoms with E-state index in [1.807, 2.05) is 0 Å². The standard InChI is InChI=1S/C16H20N4O3S/c1-18-24(22,23)14-5-4-11-8-15(19-10-12(11)7-14)16(21)20-6-2-3-13(20)9-17/h4-5,7,13,15,18-19H,2-3,6,8,10H2,1H3/t13-,15-/m0/s1. The summed E-state index contributed by atoms with van der Waals surface area (Å²) in [6.07, 6.45) is 2.10. The number of rotatable bonds is 3. The van der Waals surface area contributed by atoms with Gasteiger partial charge in [-0.25, -0.2) is 13.1 Å². The van der Waals surface area contributed by atoms with Gasteiger partial charge in [-0.15, -0.1) is 0 Å². The topological polar surface area (TPSA) is 102 Å². The fourth-order valence-corrected chi connectivity index (χ4v) is 4.10. The number of nitrogens with one attached hydrogen (secondary N) is 2. The second-order valence-electron chi connectivity index (χ2n) is 6.09. The van der Waals surface area contributed by atoms with E-state index < -0.39 is 10.0 Å². The van der Waals surface area contributed by atoms with Crippen molar-refractivity contribution in [1.82, 2.24) is 14.9 Å². The number of fused-ring (bicyclic) bond motifs is 1. The first-order valence-corrected chi connectivity index (χ1v) is 9.43. The van der Waals surface area contributed by atoms with Gasteiger partial charge in [0.05, 0.1) is 17.0 Å². The van der Waals surface area contributed by atoms with Crippen molar-refractivity contribution in [3.8, 4) is 6.07 Å². The summed E-state index contributed by atoms with van der Waals surface area (Å²) in [5, 5.41) is 12.3. The highest BCUT2D eigenvalue weighted by molar-refractivity contribution is 7.89. The Morgan fingerprint density at radius 3 is 2.92 bits per heavy atom. The van der Waals surface area contributed by atoms with E-state index in [0.717, 1.165) is 24.0 Å². The molecule has 2 aliphatic rings. The molecule has 2 aliphatic heterocycles. The summed E-state index contributed by atoms with van der Waals surface area (Å²) in [6.45, 7) is 1.06. The van der Waals surface area contributed by atoms with Gasteiger partial charge < -0.3 is 10.2 Å². The zero-order valence-electron chi connectivity index (χ0n) is 13.4. The van der Waals surface area contributed by atoms with Gasteiger partial charge in [0, 0.05) is 13.1 Å². The van der Waals surface area contributed by atoms with Crippen molar-refractivity contribution >= 4 is 15.9 Å². The van der Waals surface area contributed by atoms with Crippen molar-refractivity contribution < 1.29 is 13.2 Å². The first-order chi connectivity index (χ1) is 11.5. The Morgan fingerprint density at radius 2 is 2.21 bits per heavy atom. The number of nitrogens with zero attached hydrogens (tertiary/aromatic N) is 2. The lowest BCUT2D eigenvalue weighted by Crippen LogP contribution is -2.50. The van der Waals surface area contributed by atoms with Crippen LogP contribution >= 0.6 is 0 Å². The van der Waals surface area contributed by atoms with Gasteiger partial charge in [-0.05, 0) is 49.6 Å². The van der Waals surface area contributed by atoms with Gasteiger partial charge in [-0.3, -0.25) is 4.79 Å². The molecule has 2 atom stereocenters. The summed E-state index contributed by atoms with van der Waals surface area (Å²) in [5.41, 5.74) is 1.85. The molecule has 2 N–H and O–H groups in total. The number of carbonyl (C=O) groups is 1. The normalized spacial score (nSPS) is 23.6. The molecule has 1 saturated heterocycles. The smallest absolute Gasteiger partial charge is 0.241 e. The van der Waals surface area contributed by atoms with E-state index in [1.54, 1.807) is 23.1 Å². The summed E-state index contributed by atoms with van der Waals surface area (Å²) in [7, 11) is -2.10. The monoisotopic (exact) mass is 348 g/mol. The largest absolute Gasteiger partial charge is 0.325 e. The molecule has 0 radical (unpaired) electrons. The number of benzene rings is 1. The minimum absolute atomic E-state index is 0.0448. The van der Waals surface area contributed by atoms with Crippen molar-refractivity contribution in [2.24, 2.45) is 0 Å². The van der Waals surface area contributed by atoms with E-state index >= 15 is 0 Å². The fourth-order valence-electron chi connectivity index (χ4n) is 3.32. The van der Waals surface area contributed by atoms with Crippen LogP contribution in [0.5, 0.6) is 0 Å². The molecule has 1 aromatic carbocycles. The van der Waals surface area contributed by atoms with E-state index in [9.17, 15) is 13.2 Å². The van der Waals surface area contributed by atoms with Crippen LogP contribution in [-0.2, 0) is 27.8 Å². The molecule has 0 aliphatic carbocycles. The van der Waals surface area contributed by atoms with E-state index in [-0.39, 0.29) is 22.9 Å². The molecule has 0 unspecified atom stereocenters. The summed E-state index contributed by atoms with van der Waals surface area (Å²) in [5.74, 6) is -0.0448. The quantitative estimate of drug-likeness (QED) is 0.808. The second kappa shape index (κ2) is 6.51. The highest BCUT2D eigenvalue weighted by atomic mass is 32.2. The first-order valence-electron chi connectivity index (χ1n) is 7.95. The Bertz CT molecular complexity index is 800. The number of sulfonamides is 1. The van der Waals surface area contributed by atoms with Crippen LogP contribution in [0.4, 0.5) is 0 Å². The predicted octanol–water partition coefficient (Wildman–Crippen LogP) is 0.124. The van der Waals surface area contributed by atoms with Gasteiger partial charge in [0.1, 0.15) is 6.04 Å². The van der Waals surface area contributed by atoms with Crippen LogP contribution in [-0.4, -0.2) is 44.9 Å². The minimum Gasteiger partial charge on any atom is -0.325 e. The zero-order chi connectivity index (χ0) is 17.3. The minimum atomic E-state index is -3.47. The Morgan fingerprint density at radius 1 is 1.42 bits per heavy atom. The zero-order valence-corrected chi connectivity index (χ0v) is 14.3. The SMILES string of the molecule is CNS(=O)(=O)c1ccc2c(c1)CN[C@H](C(=O)N1CCC[C@H]1C#N)C2. The van der Waals surface area contributed by atoms with Gasteiger partial charge in [-0.1, -0.05) is 6.07 Å². The molecule has 2 heterocycles. The summed E-state index contributed by atoms with van der Waals surface area (Å²) in [6, 6.07) is 6.47. The van der Waals surface area contributed by atoms with Gasteiger partial charge in [0.2, 0.25) is 15.9 Å². The third kappa shape index (κ3) is 3.02. The van der Waals surface area contributed by atoms with Crippen molar-refractivity contribution in [1.29, 1.82) is 5.26 Å². The maximum Gasteiger partial charge on any atom is 0.241 e. The molecule has 0 spiro atoms. The van der Waals surface area contributed by atoms with Gasteiger partial charge in [0.25, 0.3) is 0 Å². The number of hydrogen-bond acceptors (Lipinski definition) is 5. The number of likely N-dealkylation sites (tertiary alicyclic amines) is 1. The van der Waals surface area contributed by atoms with Crippen molar-refractivity contribution in [3.63, 3.8) is 0 Å². The summed E-state index contributed by atoms with van der Waals surface area (Å²) >= 11 is 0. The maximum absolute atomic E-state index is 12.7. The van der Waals surface area contributed by atoms with Crippen LogP contribution in [0.3, 0.4) is 0 Å². The molecule has 1 aromatic rings. The number of amides is 1. The highest BCUT2D eigenvalue weighted by Gasteiger charge is 2.34. The third-order valence-electron chi connectivity index (χ3n) is 4.70. The lowest BCUT2D eigenvalue weighted by molar-refractivity contribution is -0.133. The third-order valence-corrected chi connectivity index (χ3v) is 6.11. The molecular formula is C16H20N4O3S. The van der Waals surface area contributed by atoms with Crippen LogP contribution in [0.25, 0.3) is 0 Å². The number of nitriles is 1. The van der Waals surface area contributed by atoms with Crippen LogP contribution in [0.2, 0.25) is 0 Å². The van der Waals surface area contributed by atoms with Crippen LogP contribution in [0, 0.1) is 11.3 Å². The molecule has 1 amide bonds. The van der Waals surface area contributed by atoms with Crippen LogP contribution in [0.1, 0.15) is 24.0 Å². The molecule has 0 bridgehead atoms. The molecule has 3 rings (SSSR count). The fraction of sp³-hybridized carbons (Fsp3) is 0.500. The molecular weight excluding hydrogens is 328 g/mol. The van der Waals surface area contributed by atoms with Gasteiger partial charge >= 0.3 is 0 Å². The van der Waals surface area contributed by atoms with Crippen LogP contribution < -0.4 is 10.0 Å². The number of carbonyl (C=O) groups excluding carboxylic acids is 1. The molecule has 128 valence electrons. The Balaban J connectivity index is 1.78. The molecule has 7 nitrogen and oxygen atoms in total. The maximum atomic E-state index is 12.7. The van der Waals surface area contributed by atoms with Crippen molar-refractivity contribution in [2.45, 2.75) is 42.8 Å². The van der Waals surface area contributed by atoms with Gasteiger partial charge in [0.15, 0.2) is 0 Å². The van der Waals surface area contributed by atoms with E-state index in [2.05, 4.69) is 16.1 Å². The molecule has 24 heavy (non-hydrogen) atoms.